The van der Waals surface area contributed by atoms with Crippen molar-refractivity contribution in [2.24, 2.45) is 49.3 Å². The predicted octanol–water partition coefficient (Wildman–Crippen LogP) is 6.30. The van der Waals surface area contributed by atoms with Crippen LogP contribution in [0, 0.1) is 55.7 Å². The number of nitriles is 1. The lowest BCUT2D eigenvalue weighted by Crippen LogP contribution is -2.69. The van der Waals surface area contributed by atoms with E-state index in [1.54, 1.807) is 0 Å². The number of Topliss-reactive ketones (excluding diaryl/α,β-unsaturated/α-hetero) is 1. The molecule has 7 unspecified atom stereocenters. The number of aliphatic carboxylic acids is 1. The zero-order valence-electron chi connectivity index (χ0n) is 22.9. The first kappa shape index (κ1) is 24.1. The maximum atomic E-state index is 13.2. The van der Waals surface area contributed by atoms with Crippen molar-refractivity contribution in [3.63, 3.8) is 0 Å². The fourth-order valence-corrected chi connectivity index (χ4v) is 10.4. The zero-order chi connectivity index (χ0) is 26.3. The second-order valence-electron chi connectivity index (χ2n) is 15.0. The second-order valence-corrected chi connectivity index (χ2v) is 15.0. The quantitative estimate of drug-likeness (QED) is 0.469. The highest BCUT2D eigenvalue weighted by Gasteiger charge is 2.80. The van der Waals surface area contributed by atoms with E-state index in [1.807, 2.05) is 19.9 Å². The third-order valence-corrected chi connectivity index (χ3v) is 12.7. The van der Waals surface area contributed by atoms with Gasteiger partial charge in [-0.1, -0.05) is 60.1 Å². The van der Waals surface area contributed by atoms with Crippen molar-refractivity contribution in [2.45, 2.75) is 99.0 Å². The van der Waals surface area contributed by atoms with Gasteiger partial charge in [-0.2, -0.15) is 5.26 Å². The lowest BCUT2D eigenvalue weighted by molar-refractivity contribution is -0.177. The maximum absolute atomic E-state index is 13.2. The molecule has 0 aromatic rings. The van der Waals surface area contributed by atoms with Crippen LogP contribution in [0.25, 0.3) is 0 Å². The molecule has 3 saturated carbocycles. The van der Waals surface area contributed by atoms with E-state index in [0.717, 1.165) is 44.2 Å². The Hall–Kier alpha value is -2.22. The summed E-state index contributed by atoms with van der Waals surface area (Å²) in [6.07, 6.45) is 10.3. The third kappa shape index (κ3) is 2.37. The van der Waals surface area contributed by atoms with Crippen LogP contribution in [0.4, 0.5) is 0 Å². The summed E-state index contributed by atoms with van der Waals surface area (Å²) < 4.78 is 0. The fraction of sp³-hybridized carbons (Fsp3) is 0.742. The van der Waals surface area contributed by atoms with E-state index in [9.17, 15) is 20.0 Å². The molecule has 7 atom stereocenters. The van der Waals surface area contributed by atoms with Gasteiger partial charge in [-0.05, 0) is 67.8 Å². The van der Waals surface area contributed by atoms with E-state index in [0.29, 0.717) is 6.42 Å². The SMILES string of the molecule is CC1(C)CCC2(C(=O)O)CCC3(C)C4(C)CCC5C(C)(C)C(=O)C(C#N)=CC5(C)C4=CC4=NC43C2C1. The smallest absolute Gasteiger partial charge is 0.310 e. The minimum atomic E-state index is -0.698. The van der Waals surface area contributed by atoms with Crippen LogP contribution in [-0.2, 0) is 9.59 Å². The molecule has 36 heavy (non-hydrogen) atoms. The highest BCUT2D eigenvalue weighted by Crippen LogP contribution is 2.79. The topological polar surface area (TPSA) is 90.5 Å². The van der Waals surface area contributed by atoms with E-state index < -0.39 is 27.8 Å². The Bertz CT molecular complexity index is 1260. The molecule has 1 heterocycles. The van der Waals surface area contributed by atoms with Crippen molar-refractivity contribution in [2.75, 3.05) is 0 Å². The number of carbonyl (C=O) groups excluding carboxylic acids is 1. The number of aliphatic imine (C=N–C) groups is 1. The van der Waals surface area contributed by atoms with Crippen LogP contribution in [0.2, 0.25) is 0 Å². The summed E-state index contributed by atoms with van der Waals surface area (Å²) in [6, 6.07) is 2.21. The molecule has 0 aromatic carbocycles. The number of nitrogens with zero attached hydrogens (tertiary/aromatic N) is 2. The van der Waals surface area contributed by atoms with E-state index in [1.165, 1.54) is 5.57 Å². The van der Waals surface area contributed by atoms with Crippen molar-refractivity contribution in [1.29, 1.82) is 5.26 Å². The normalized spacial score (nSPS) is 49.4. The van der Waals surface area contributed by atoms with Crippen molar-refractivity contribution in [1.82, 2.24) is 0 Å². The van der Waals surface area contributed by atoms with Gasteiger partial charge in [-0.25, -0.2) is 0 Å². The molecule has 3 fully saturated rings. The van der Waals surface area contributed by atoms with Crippen LogP contribution in [0.3, 0.4) is 0 Å². The van der Waals surface area contributed by atoms with Gasteiger partial charge in [-0.3, -0.25) is 14.6 Å². The second kappa shape index (κ2) is 6.43. The Labute approximate surface area is 215 Å². The number of ketones is 1. The molecule has 1 N–H and O–H groups in total. The average molecular weight is 489 g/mol. The van der Waals surface area contributed by atoms with Gasteiger partial charge >= 0.3 is 5.97 Å². The number of carboxylic acids is 1. The Morgan fingerprint density at radius 2 is 1.69 bits per heavy atom. The molecule has 192 valence electrons. The lowest BCUT2D eigenvalue weighted by Gasteiger charge is -2.68. The molecule has 6 rings (SSSR count). The number of carbonyl (C=O) groups is 2. The first-order chi connectivity index (χ1) is 16.6. The van der Waals surface area contributed by atoms with Gasteiger partial charge < -0.3 is 5.11 Å². The average Bonchev–Trinajstić information content (AvgIpc) is 3.52. The standard InChI is InChI=1S/C31H40N2O3/c1-25(2)10-12-30(24(35)36)13-11-29(7)28(6)9-8-19-26(3,4)23(34)18(17-32)15-27(19,5)20(28)14-22-31(29,33-22)21(30)16-25/h14-15,19,21H,8-13,16H2,1-7H3,(H,35,36). The van der Waals surface area contributed by atoms with Gasteiger partial charge in [0.2, 0.25) is 0 Å². The zero-order valence-corrected chi connectivity index (χ0v) is 22.9. The van der Waals surface area contributed by atoms with Crippen LogP contribution >= 0.6 is 0 Å². The minimum absolute atomic E-state index is 0.00902. The van der Waals surface area contributed by atoms with Gasteiger partial charge in [-0.15, -0.1) is 0 Å². The summed E-state index contributed by atoms with van der Waals surface area (Å²) in [4.78, 5) is 31.4. The molecule has 0 amide bonds. The Kier molecular flexibility index (Phi) is 4.31. The third-order valence-electron chi connectivity index (χ3n) is 12.7. The Balaban J connectivity index is 1.55. The van der Waals surface area contributed by atoms with Crippen molar-refractivity contribution in [3.05, 3.63) is 23.3 Å². The van der Waals surface area contributed by atoms with Gasteiger partial charge in [0.05, 0.1) is 16.7 Å². The van der Waals surface area contributed by atoms with Crippen molar-refractivity contribution in [3.8, 4) is 6.07 Å². The Morgan fingerprint density at radius 1 is 1.03 bits per heavy atom. The molecular weight excluding hydrogens is 448 g/mol. The number of carboxylic acid groups (broad SMARTS) is 1. The van der Waals surface area contributed by atoms with Crippen LogP contribution in [0.5, 0.6) is 0 Å². The molecule has 0 radical (unpaired) electrons. The fourth-order valence-electron chi connectivity index (χ4n) is 10.4. The summed E-state index contributed by atoms with van der Waals surface area (Å²) in [5.74, 6) is -0.537. The maximum Gasteiger partial charge on any atom is 0.310 e. The summed E-state index contributed by atoms with van der Waals surface area (Å²) in [5, 5.41) is 20.5. The van der Waals surface area contributed by atoms with E-state index in [4.69, 9.17) is 4.99 Å². The van der Waals surface area contributed by atoms with Crippen LogP contribution < -0.4 is 0 Å². The van der Waals surface area contributed by atoms with Gasteiger partial charge in [0.15, 0.2) is 5.78 Å². The highest BCUT2D eigenvalue weighted by molar-refractivity contribution is 6.16. The van der Waals surface area contributed by atoms with Crippen LogP contribution in [0.1, 0.15) is 93.4 Å². The number of hydrogen-bond acceptors (Lipinski definition) is 4. The number of rotatable bonds is 1. The molecule has 5 aliphatic carbocycles. The summed E-state index contributed by atoms with van der Waals surface area (Å²) in [5.41, 5.74) is 0.303. The van der Waals surface area contributed by atoms with Gasteiger partial charge in [0, 0.05) is 22.2 Å². The molecule has 0 aromatic heterocycles. The van der Waals surface area contributed by atoms with Crippen LogP contribution in [0.15, 0.2) is 28.3 Å². The van der Waals surface area contributed by atoms with E-state index in [-0.39, 0.29) is 39.4 Å². The Morgan fingerprint density at radius 3 is 2.33 bits per heavy atom. The number of allylic oxidation sites excluding steroid dienone is 3. The predicted molar refractivity (Wildman–Crippen MR) is 138 cm³/mol. The minimum Gasteiger partial charge on any atom is -0.481 e. The molecule has 6 aliphatic rings. The largest absolute Gasteiger partial charge is 0.481 e. The number of hydrogen-bond donors (Lipinski definition) is 1. The first-order valence-electron chi connectivity index (χ1n) is 13.8. The molecule has 0 saturated heterocycles. The summed E-state index contributed by atoms with van der Waals surface area (Å²) >= 11 is 0. The van der Waals surface area contributed by atoms with E-state index in [2.05, 4.69) is 46.8 Å². The lowest BCUT2D eigenvalue weighted by atomic mass is 9.33. The van der Waals surface area contributed by atoms with Gasteiger partial charge in [0.1, 0.15) is 11.6 Å². The van der Waals surface area contributed by atoms with Crippen LogP contribution in [-0.4, -0.2) is 28.1 Å². The van der Waals surface area contributed by atoms with Gasteiger partial charge in [0.25, 0.3) is 0 Å². The number of fused-ring (bicyclic) bond motifs is 5. The monoisotopic (exact) mass is 488 g/mol. The summed E-state index contributed by atoms with van der Waals surface area (Å²) in [7, 11) is 0. The molecule has 1 spiro atoms. The van der Waals surface area contributed by atoms with E-state index >= 15 is 0 Å². The van der Waals surface area contributed by atoms with Crippen molar-refractivity contribution < 1.29 is 14.7 Å². The molecule has 5 nitrogen and oxygen atoms in total. The highest BCUT2D eigenvalue weighted by atomic mass is 16.4. The molecule has 0 bridgehead atoms. The molecular formula is C31H40N2O3. The first-order valence-corrected chi connectivity index (χ1v) is 13.8. The van der Waals surface area contributed by atoms with Crippen molar-refractivity contribution >= 4 is 17.5 Å². The molecule has 1 aliphatic heterocycles. The molecule has 5 heteroatoms. The summed E-state index contributed by atoms with van der Waals surface area (Å²) in [6.45, 7) is 15.6.